The summed E-state index contributed by atoms with van der Waals surface area (Å²) in [5, 5.41) is 10.5. The van der Waals surface area contributed by atoms with Crippen LogP contribution in [0.2, 0.25) is 0 Å². The smallest absolute Gasteiger partial charge is 0.258 e. The third-order valence-electron chi connectivity index (χ3n) is 2.29. The predicted molar refractivity (Wildman–Crippen MR) is 53.1 cm³/mol. The molecule has 4 nitrogen and oxygen atoms in total. The monoisotopic (exact) mass is 224 g/mol. The molecule has 1 aromatic carbocycles. The van der Waals surface area contributed by atoms with Crippen molar-refractivity contribution in [3.05, 3.63) is 45.6 Å². The van der Waals surface area contributed by atoms with E-state index in [2.05, 4.69) is 4.98 Å². The summed E-state index contributed by atoms with van der Waals surface area (Å²) < 4.78 is 26.6. The normalized spacial score (nSPS) is 10.7. The largest absolute Gasteiger partial charge is 0.298 e. The van der Waals surface area contributed by atoms with Crippen LogP contribution in [0.15, 0.2) is 18.3 Å². The van der Waals surface area contributed by atoms with Gasteiger partial charge in [0.05, 0.1) is 11.0 Å². The van der Waals surface area contributed by atoms with Crippen molar-refractivity contribution in [2.45, 2.75) is 6.92 Å². The van der Waals surface area contributed by atoms with E-state index in [0.29, 0.717) is 11.6 Å². The molecular weight excluding hydrogens is 218 g/mol. The molecule has 16 heavy (non-hydrogen) atoms. The second-order valence-corrected chi connectivity index (χ2v) is 3.30. The van der Waals surface area contributed by atoms with Crippen molar-refractivity contribution in [2.75, 3.05) is 0 Å². The van der Waals surface area contributed by atoms with E-state index in [1.807, 2.05) is 0 Å². The van der Waals surface area contributed by atoms with Crippen LogP contribution >= 0.6 is 0 Å². The number of nitro benzene ring substituents is 1. The Morgan fingerprint density at radius 2 is 2.12 bits per heavy atom. The molecule has 1 aromatic heterocycles. The van der Waals surface area contributed by atoms with E-state index in [-0.39, 0.29) is 10.9 Å². The Morgan fingerprint density at radius 3 is 2.75 bits per heavy atom. The average molecular weight is 224 g/mol. The van der Waals surface area contributed by atoms with Crippen LogP contribution in [0.4, 0.5) is 14.5 Å². The van der Waals surface area contributed by atoms with E-state index < -0.39 is 22.2 Å². The number of hydrogen-bond acceptors (Lipinski definition) is 3. The Morgan fingerprint density at radius 1 is 1.44 bits per heavy atom. The molecule has 0 amide bonds. The van der Waals surface area contributed by atoms with Gasteiger partial charge in [0.1, 0.15) is 0 Å². The third-order valence-corrected chi connectivity index (χ3v) is 2.29. The van der Waals surface area contributed by atoms with Crippen LogP contribution in [0.3, 0.4) is 0 Å². The van der Waals surface area contributed by atoms with Gasteiger partial charge in [0.25, 0.3) is 5.69 Å². The number of aryl methyl sites for hydroxylation is 1. The molecule has 0 fully saturated rings. The minimum atomic E-state index is -1.24. The zero-order valence-corrected chi connectivity index (χ0v) is 8.20. The van der Waals surface area contributed by atoms with Crippen LogP contribution < -0.4 is 0 Å². The maximum atomic E-state index is 13.5. The van der Waals surface area contributed by atoms with E-state index in [9.17, 15) is 18.9 Å². The van der Waals surface area contributed by atoms with Gasteiger partial charge in [0.15, 0.2) is 17.2 Å². The van der Waals surface area contributed by atoms with E-state index in [4.69, 9.17) is 0 Å². The Labute approximate surface area is 88.7 Å². The summed E-state index contributed by atoms with van der Waals surface area (Å²) in [6.45, 7) is 1.54. The van der Waals surface area contributed by atoms with Crippen molar-refractivity contribution in [3.63, 3.8) is 0 Å². The molecule has 6 heteroatoms. The maximum absolute atomic E-state index is 13.5. The number of fused-ring (bicyclic) bond motifs is 1. The number of nitrogens with zero attached hydrogens (tertiary/aromatic N) is 2. The zero-order chi connectivity index (χ0) is 11.9. The minimum Gasteiger partial charge on any atom is -0.258 e. The number of hydrogen-bond donors (Lipinski definition) is 0. The van der Waals surface area contributed by atoms with Gasteiger partial charge in [-0.25, -0.2) is 13.8 Å². The van der Waals surface area contributed by atoms with Crippen LogP contribution in [0.25, 0.3) is 10.9 Å². The highest BCUT2D eigenvalue weighted by Crippen LogP contribution is 2.29. The Bertz CT molecular complexity index is 599. The number of benzene rings is 1. The van der Waals surface area contributed by atoms with E-state index >= 15 is 0 Å². The molecule has 0 N–H and O–H groups in total. The maximum Gasteiger partial charge on any atom is 0.298 e. The number of rotatable bonds is 1. The number of aromatic nitrogens is 1. The summed E-state index contributed by atoms with van der Waals surface area (Å²) in [7, 11) is 0. The highest BCUT2D eigenvalue weighted by Gasteiger charge is 2.21. The van der Waals surface area contributed by atoms with Gasteiger partial charge in [-0.05, 0) is 18.6 Å². The van der Waals surface area contributed by atoms with Gasteiger partial charge in [0.2, 0.25) is 0 Å². The lowest BCUT2D eigenvalue weighted by Gasteiger charge is -2.04. The second kappa shape index (κ2) is 3.48. The Balaban J connectivity index is 3.01. The third kappa shape index (κ3) is 1.39. The Hall–Kier alpha value is -2.11. The van der Waals surface area contributed by atoms with Gasteiger partial charge in [-0.2, -0.15) is 0 Å². The summed E-state index contributed by atoms with van der Waals surface area (Å²) in [5.41, 5.74) is -0.258. The summed E-state index contributed by atoms with van der Waals surface area (Å²) in [5.74, 6) is -2.35. The highest BCUT2D eigenvalue weighted by atomic mass is 19.2. The molecule has 0 unspecified atom stereocenters. The van der Waals surface area contributed by atoms with Gasteiger partial charge < -0.3 is 0 Å². The Kier molecular flexibility index (Phi) is 2.26. The summed E-state index contributed by atoms with van der Waals surface area (Å²) in [4.78, 5) is 13.6. The number of nitro groups is 1. The zero-order valence-electron chi connectivity index (χ0n) is 8.20. The van der Waals surface area contributed by atoms with Crippen LogP contribution in [0.5, 0.6) is 0 Å². The van der Waals surface area contributed by atoms with Gasteiger partial charge in [-0.3, -0.25) is 10.1 Å². The van der Waals surface area contributed by atoms with Crippen molar-refractivity contribution in [3.8, 4) is 0 Å². The molecule has 0 atom stereocenters. The molecule has 2 aromatic rings. The highest BCUT2D eigenvalue weighted by molar-refractivity contribution is 5.90. The molecule has 82 valence electrons. The predicted octanol–water partition coefficient (Wildman–Crippen LogP) is 2.73. The molecule has 1 heterocycles. The fourth-order valence-corrected chi connectivity index (χ4v) is 1.54. The second-order valence-electron chi connectivity index (χ2n) is 3.30. The first kappa shape index (κ1) is 10.4. The van der Waals surface area contributed by atoms with Crippen molar-refractivity contribution in [1.29, 1.82) is 0 Å². The molecule has 0 aliphatic heterocycles. The van der Waals surface area contributed by atoms with Gasteiger partial charge >= 0.3 is 0 Å². The average Bonchev–Trinajstić information content (AvgIpc) is 2.22. The van der Waals surface area contributed by atoms with Gasteiger partial charge in [0, 0.05) is 11.6 Å². The minimum absolute atomic E-state index is 0.135. The van der Waals surface area contributed by atoms with E-state index in [1.165, 1.54) is 19.2 Å². The van der Waals surface area contributed by atoms with Crippen LogP contribution in [0.1, 0.15) is 5.56 Å². The van der Waals surface area contributed by atoms with Gasteiger partial charge in [-0.15, -0.1) is 0 Å². The summed E-state index contributed by atoms with van der Waals surface area (Å²) in [6.07, 6.45) is 1.32. The first-order valence-electron chi connectivity index (χ1n) is 4.40. The SMILES string of the molecule is Cc1ccnc2c([N+](=O)[O-])cc(F)c(F)c12. The first-order chi connectivity index (χ1) is 7.52. The standard InChI is InChI=1S/C10H6F2N2O2/c1-5-2-3-13-10-7(14(15)16)4-6(11)9(12)8(5)10/h2-4H,1H3. The lowest BCUT2D eigenvalue weighted by molar-refractivity contribution is -0.383. The van der Waals surface area contributed by atoms with Crippen LogP contribution in [0, 0.1) is 28.7 Å². The lowest BCUT2D eigenvalue weighted by atomic mass is 10.1. The molecule has 0 aliphatic rings. The molecule has 0 radical (unpaired) electrons. The summed E-state index contributed by atoms with van der Waals surface area (Å²) >= 11 is 0. The van der Waals surface area contributed by atoms with Gasteiger partial charge in [-0.1, -0.05) is 0 Å². The fourth-order valence-electron chi connectivity index (χ4n) is 1.54. The number of halogens is 2. The molecule has 0 spiro atoms. The number of non-ortho nitro benzene ring substituents is 1. The van der Waals surface area contributed by atoms with Crippen molar-refractivity contribution in [1.82, 2.24) is 4.98 Å². The van der Waals surface area contributed by atoms with Crippen molar-refractivity contribution >= 4 is 16.6 Å². The van der Waals surface area contributed by atoms with Crippen molar-refractivity contribution < 1.29 is 13.7 Å². The molecular formula is C10H6F2N2O2. The first-order valence-corrected chi connectivity index (χ1v) is 4.40. The topological polar surface area (TPSA) is 56.0 Å². The quantitative estimate of drug-likeness (QED) is 0.552. The fraction of sp³-hybridized carbons (Fsp3) is 0.100. The van der Waals surface area contributed by atoms with Crippen molar-refractivity contribution in [2.24, 2.45) is 0 Å². The van der Waals surface area contributed by atoms with E-state index in [1.54, 1.807) is 0 Å². The summed E-state index contributed by atoms with van der Waals surface area (Å²) in [6, 6.07) is 2.01. The number of pyridine rings is 1. The molecule has 0 saturated heterocycles. The van der Waals surface area contributed by atoms with E-state index in [0.717, 1.165) is 0 Å². The lowest BCUT2D eigenvalue weighted by Crippen LogP contribution is -1.98. The molecule has 0 aliphatic carbocycles. The van der Waals surface area contributed by atoms with Crippen LogP contribution in [-0.4, -0.2) is 9.91 Å². The molecule has 2 rings (SSSR count). The van der Waals surface area contributed by atoms with Crippen LogP contribution in [-0.2, 0) is 0 Å². The molecule has 0 bridgehead atoms. The molecule has 0 saturated carbocycles.